The van der Waals surface area contributed by atoms with Crippen LogP contribution >= 0.6 is 15.9 Å². The van der Waals surface area contributed by atoms with Gasteiger partial charge in [0.25, 0.3) is 0 Å². The molecule has 0 aromatic carbocycles. The first-order valence-corrected chi connectivity index (χ1v) is 12.7. The summed E-state index contributed by atoms with van der Waals surface area (Å²) in [5, 5.41) is 16.0. The van der Waals surface area contributed by atoms with Gasteiger partial charge >= 0.3 is 5.97 Å². The van der Waals surface area contributed by atoms with E-state index >= 15 is 0 Å². The van der Waals surface area contributed by atoms with Crippen molar-refractivity contribution in [3.63, 3.8) is 0 Å². The van der Waals surface area contributed by atoms with Crippen LogP contribution in [0.2, 0.25) is 0 Å². The maximum absolute atomic E-state index is 11.8. The molecule has 34 heavy (non-hydrogen) atoms. The van der Waals surface area contributed by atoms with E-state index in [0.29, 0.717) is 18.9 Å². The number of ether oxygens (including phenoxy) is 1. The topological polar surface area (TPSA) is 113 Å². The number of unbranched alkanes of at least 4 members (excludes halogenated alkanes) is 1. The molecule has 0 amide bonds. The number of carboxylic acids is 1. The molecule has 0 aliphatic carbocycles. The van der Waals surface area contributed by atoms with Crippen molar-refractivity contribution in [3.8, 4) is 0 Å². The molecule has 1 unspecified atom stereocenters. The summed E-state index contributed by atoms with van der Waals surface area (Å²) in [7, 11) is 1.70. The highest BCUT2D eigenvalue weighted by molar-refractivity contribution is 9.10. The first-order chi connectivity index (χ1) is 16.4. The molecular formula is C24H35BrN6O3. The second-order valence-corrected chi connectivity index (χ2v) is 9.61. The third-order valence-electron chi connectivity index (χ3n) is 5.98. The maximum atomic E-state index is 11.8. The van der Waals surface area contributed by atoms with Gasteiger partial charge in [0.1, 0.15) is 11.9 Å². The number of carboxylic acid groups (broad SMARTS) is 1. The van der Waals surface area contributed by atoms with Gasteiger partial charge in [-0.25, -0.2) is 19.7 Å². The highest BCUT2D eigenvalue weighted by atomic mass is 79.9. The number of halogens is 1. The number of nitrogens with zero attached hydrogens (tertiary/aromatic N) is 4. The van der Waals surface area contributed by atoms with E-state index in [1.165, 1.54) is 5.56 Å². The number of aliphatic carboxylic acids is 1. The number of hydrogen-bond donors (Lipinski definition) is 3. The number of carbonyl (C=O) groups is 1. The summed E-state index contributed by atoms with van der Waals surface area (Å²) in [5.74, 6) is 0.430. The Bertz CT molecular complexity index is 914. The smallest absolute Gasteiger partial charge is 0.326 e. The van der Waals surface area contributed by atoms with E-state index in [9.17, 15) is 9.90 Å². The highest BCUT2D eigenvalue weighted by Crippen LogP contribution is 2.20. The van der Waals surface area contributed by atoms with Gasteiger partial charge in [0.05, 0.1) is 10.6 Å². The van der Waals surface area contributed by atoms with Crippen molar-refractivity contribution in [2.75, 3.05) is 43.9 Å². The number of methoxy groups -OCH3 is 1. The zero-order valence-electron chi connectivity index (χ0n) is 20.0. The van der Waals surface area contributed by atoms with Gasteiger partial charge < -0.3 is 25.4 Å². The van der Waals surface area contributed by atoms with Crippen LogP contribution in [0, 0.1) is 0 Å². The van der Waals surface area contributed by atoms with Gasteiger partial charge in [-0.2, -0.15) is 0 Å². The molecule has 2 aromatic heterocycles. The van der Waals surface area contributed by atoms with Crippen molar-refractivity contribution < 1.29 is 14.6 Å². The molecule has 3 N–H and O–H groups in total. The molecule has 3 heterocycles. The summed E-state index contributed by atoms with van der Waals surface area (Å²) >= 11 is 3.29. The lowest BCUT2D eigenvalue weighted by molar-refractivity contribution is -0.138. The molecule has 0 fully saturated rings. The van der Waals surface area contributed by atoms with Crippen molar-refractivity contribution in [1.29, 1.82) is 0 Å². The second kappa shape index (κ2) is 13.6. The standard InChI is InChI=1S/C24H35BrN6O3/c1-17(34-2)16-31(13-10-21(23(32)33)30-24-27-14-19(25)15-28-24)12-4-3-7-20-9-8-18-6-5-11-26-22(18)29-20/h8-9,14-15,17,21H,3-7,10-13,16H2,1-2H3,(H,26,29)(H,32,33)(H,27,28,30)/t17-,21?/m1/s1. The number of aromatic nitrogens is 3. The van der Waals surface area contributed by atoms with Crippen LogP contribution < -0.4 is 10.6 Å². The molecular weight excluding hydrogens is 500 g/mol. The summed E-state index contributed by atoms with van der Waals surface area (Å²) in [5.41, 5.74) is 2.43. The summed E-state index contributed by atoms with van der Waals surface area (Å²) in [6.45, 7) is 5.28. The molecule has 3 rings (SSSR count). The van der Waals surface area contributed by atoms with Crippen LogP contribution in [0.15, 0.2) is 29.0 Å². The van der Waals surface area contributed by atoms with Gasteiger partial charge in [-0.3, -0.25) is 0 Å². The lowest BCUT2D eigenvalue weighted by atomic mass is 10.1. The fourth-order valence-electron chi connectivity index (χ4n) is 3.99. The number of pyridine rings is 1. The summed E-state index contributed by atoms with van der Waals surface area (Å²) < 4.78 is 6.20. The Morgan fingerprint density at radius 3 is 2.82 bits per heavy atom. The molecule has 186 valence electrons. The Labute approximate surface area is 209 Å². The van der Waals surface area contributed by atoms with Crippen LogP contribution in [0.5, 0.6) is 0 Å². The number of fused-ring (bicyclic) bond motifs is 1. The predicted molar refractivity (Wildman–Crippen MR) is 136 cm³/mol. The molecule has 2 aromatic rings. The molecule has 0 bridgehead atoms. The quantitative estimate of drug-likeness (QED) is 0.313. The number of aryl methyl sites for hydroxylation is 2. The van der Waals surface area contributed by atoms with E-state index in [2.05, 4.69) is 53.6 Å². The van der Waals surface area contributed by atoms with E-state index in [4.69, 9.17) is 9.72 Å². The lowest BCUT2D eigenvalue weighted by Crippen LogP contribution is -2.38. The summed E-state index contributed by atoms with van der Waals surface area (Å²) in [4.78, 5) is 27.1. The molecule has 1 aliphatic rings. The molecule has 0 radical (unpaired) electrons. The first kappa shape index (κ1) is 26.3. The average molecular weight is 535 g/mol. The van der Waals surface area contributed by atoms with Crippen molar-refractivity contribution in [3.05, 3.63) is 40.3 Å². The number of hydrogen-bond acceptors (Lipinski definition) is 8. The van der Waals surface area contributed by atoms with Gasteiger partial charge in [0, 0.05) is 44.8 Å². The third-order valence-corrected chi connectivity index (χ3v) is 6.39. The number of rotatable bonds is 14. The fraction of sp³-hybridized carbons (Fsp3) is 0.583. The maximum Gasteiger partial charge on any atom is 0.326 e. The zero-order valence-corrected chi connectivity index (χ0v) is 21.6. The van der Waals surface area contributed by atoms with Crippen LogP contribution in [0.4, 0.5) is 11.8 Å². The molecule has 9 nitrogen and oxygen atoms in total. The highest BCUT2D eigenvalue weighted by Gasteiger charge is 2.20. The SMILES string of the molecule is CO[C@H](C)CN(CCCCc1ccc2c(n1)NCCC2)CCC(Nc1ncc(Br)cn1)C(=O)O. The fourth-order valence-corrected chi connectivity index (χ4v) is 4.20. The van der Waals surface area contributed by atoms with Gasteiger partial charge in [-0.15, -0.1) is 0 Å². The zero-order chi connectivity index (χ0) is 24.3. The van der Waals surface area contributed by atoms with Crippen LogP contribution in [0.25, 0.3) is 0 Å². The summed E-state index contributed by atoms with van der Waals surface area (Å²) in [6, 6.07) is 3.57. The first-order valence-electron chi connectivity index (χ1n) is 11.9. The molecule has 1 aliphatic heterocycles. The van der Waals surface area contributed by atoms with Crippen LogP contribution in [0.1, 0.15) is 43.9 Å². The van der Waals surface area contributed by atoms with E-state index in [1.807, 2.05) is 6.92 Å². The van der Waals surface area contributed by atoms with Crippen molar-refractivity contribution in [2.45, 2.75) is 57.6 Å². The predicted octanol–water partition coefficient (Wildman–Crippen LogP) is 3.61. The summed E-state index contributed by atoms with van der Waals surface area (Å²) in [6.07, 6.45) is 8.91. The Balaban J connectivity index is 1.49. The van der Waals surface area contributed by atoms with Gasteiger partial charge in [0.15, 0.2) is 0 Å². The number of nitrogens with one attached hydrogen (secondary N) is 2. The van der Waals surface area contributed by atoms with Gasteiger partial charge in [-0.05, 0) is 79.6 Å². The minimum absolute atomic E-state index is 0.0689. The van der Waals surface area contributed by atoms with Crippen LogP contribution in [0.3, 0.4) is 0 Å². The Morgan fingerprint density at radius 1 is 1.29 bits per heavy atom. The largest absolute Gasteiger partial charge is 0.480 e. The van der Waals surface area contributed by atoms with Gasteiger partial charge in [0.2, 0.25) is 5.95 Å². The van der Waals surface area contributed by atoms with Crippen molar-refractivity contribution in [1.82, 2.24) is 19.9 Å². The second-order valence-electron chi connectivity index (χ2n) is 8.69. The number of anilines is 2. The molecule has 0 spiro atoms. The van der Waals surface area contributed by atoms with Crippen LogP contribution in [-0.2, 0) is 22.4 Å². The third kappa shape index (κ3) is 8.48. The average Bonchev–Trinajstić information content (AvgIpc) is 2.84. The Morgan fingerprint density at radius 2 is 2.09 bits per heavy atom. The molecule has 10 heteroatoms. The monoisotopic (exact) mass is 534 g/mol. The molecule has 0 saturated carbocycles. The van der Waals surface area contributed by atoms with E-state index in [0.717, 1.165) is 67.7 Å². The van der Waals surface area contributed by atoms with E-state index in [-0.39, 0.29) is 6.10 Å². The lowest BCUT2D eigenvalue weighted by Gasteiger charge is -2.26. The Hall–Kier alpha value is -2.30. The van der Waals surface area contributed by atoms with Crippen LogP contribution in [-0.4, -0.2) is 76.4 Å². The minimum Gasteiger partial charge on any atom is -0.480 e. The van der Waals surface area contributed by atoms with Gasteiger partial charge in [-0.1, -0.05) is 6.07 Å². The van der Waals surface area contributed by atoms with E-state index < -0.39 is 12.0 Å². The Kier molecular flexibility index (Phi) is 10.5. The van der Waals surface area contributed by atoms with Crippen molar-refractivity contribution >= 4 is 33.7 Å². The molecule has 0 saturated heterocycles. The normalized spacial score (nSPS) is 14.8. The molecule has 2 atom stereocenters. The minimum atomic E-state index is -0.918. The van der Waals surface area contributed by atoms with Crippen molar-refractivity contribution in [2.24, 2.45) is 0 Å². The van der Waals surface area contributed by atoms with E-state index in [1.54, 1.807) is 19.5 Å².